The van der Waals surface area contributed by atoms with Crippen LogP contribution in [0.15, 0.2) is 12.2 Å². The molecule has 0 fully saturated rings. The van der Waals surface area contributed by atoms with E-state index in [9.17, 15) is 0 Å². The van der Waals surface area contributed by atoms with Crippen LogP contribution in [0.3, 0.4) is 0 Å². The lowest BCUT2D eigenvalue weighted by molar-refractivity contribution is -0.176. The number of rotatable bonds is 8. The van der Waals surface area contributed by atoms with Crippen molar-refractivity contribution in [3.63, 3.8) is 0 Å². The highest BCUT2D eigenvalue weighted by Gasteiger charge is 2.22. The van der Waals surface area contributed by atoms with Crippen LogP contribution in [0.2, 0.25) is 0 Å². The van der Waals surface area contributed by atoms with E-state index in [2.05, 4.69) is 19.1 Å². The van der Waals surface area contributed by atoms with E-state index in [0.717, 1.165) is 42.7 Å². The van der Waals surface area contributed by atoms with Crippen LogP contribution >= 0.6 is 0 Å². The Morgan fingerprint density at radius 3 is 2.07 bits per heavy atom. The molecule has 0 aromatic carbocycles. The molecule has 0 aromatic rings. The van der Waals surface area contributed by atoms with Crippen LogP contribution in [0.5, 0.6) is 0 Å². The maximum atomic E-state index is 5.66. The topological polar surface area (TPSA) is 18.5 Å². The van der Waals surface area contributed by atoms with E-state index in [4.69, 9.17) is 9.47 Å². The Morgan fingerprint density at radius 1 is 1.07 bits per heavy atom. The van der Waals surface area contributed by atoms with Crippen LogP contribution in [-0.4, -0.2) is 28.9 Å². The average Bonchev–Trinajstić information content (AvgIpc) is 2.13. The average molecular weight is 216 g/mol. The summed E-state index contributed by atoms with van der Waals surface area (Å²) < 4.78 is 11.3. The zero-order valence-electron chi connectivity index (χ0n) is 10.0. The van der Waals surface area contributed by atoms with Crippen molar-refractivity contribution in [3.8, 4) is 0 Å². The molecule has 0 saturated carbocycles. The lowest BCUT2D eigenvalue weighted by atomic mass is 10.2. The molecule has 3 heteroatoms. The van der Waals surface area contributed by atoms with Gasteiger partial charge in [-0.3, -0.25) is 0 Å². The van der Waals surface area contributed by atoms with E-state index >= 15 is 0 Å². The van der Waals surface area contributed by atoms with Gasteiger partial charge in [-0.05, 0) is 33.1 Å². The van der Waals surface area contributed by atoms with Gasteiger partial charge in [0, 0.05) is 13.2 Å². The van der Waals surface area contributed by atoms with Gasteiger partial charge >= 0.3 is 0 Å². The third-order valence-electron chi connectivity index (χ3n) is 2.07. The first-order valence-corrected chi connectivity index (χ1v) is 6.61. The van der Waals surface area contributed by atoms with E-state index in [-0.39, 0.29) is 5.41 Å². The third-order valence-corrected chi connectivity index (χ3v) is 3.14. The van der Waals surface area contributed by atoms with E-state index in [1.807, 2.05) is 13.8 Å². The van der Waals surface area contributed by atoms with Crippen LogP contribution in [0.4, 0.5) is 0 Å². The van der Waals surface area contributed by atoms with Crippen LogP contribution < -0.4 is 0 Å². The summed E-state index contributed by atoms with van der Waals surface area (Å²) in [6, 6.07) is 0. The number of hydrogen-bond acceptors (Lipinski definition) is 2. The van der Waals surface area contributed by atoms with Gasteiger partial charge in [0.15, 0.2) is 0 Å². The minimum absolute atomic E-state index is 0.262. The zero-order chi connectivity index (χ0) is 10.9. The van der Waals surface area contributed by atoms with Crippen LogP contribution in [0, 0.1) is 0 Å². The predicted octanol–water partition coefficient (Wildman–Crippen LogP) is 1.82. The largest absolute Gasteiger partial charge is 0.355 e. The van der Waals surface area contributed by atoms with Crippen molar-refractivity contribution < 1.29 is 9.47 Å². The van der Waals surface area contributed by atoms with Gasteiger partial charge in [0.1, 0.15) is 5.41 Å². The zero-order valence-corrected chi connectivity index (χ0v) is 12.0. The van der Waals surface area contributed by atoms with E-state index in [0.29, 0.717) is 0 Å². The predicted molar refractivity (Wildman–Crippen MR) is 64.6 cm³/mol. The normalized spacial score (nSPS) is 12.8. The van der Waals surface area contributed by atoms with Crippen molar-refractivity contribution in [3.05, 3.63) is 12.2 Å². The van der Waals surface area contributed by atoms with Gasteiger partial charge in [-0.25, -0.2) is 0 Å². The highest BCUT2D eigenvalue weighted by atomic mass is 28.1. The number of hydrogen-bond donors (Lipinski definition) is 0. The summed E-state index contributed by atoms with van der Waals surface area (Å²) >= 11 is 0. The van der Waals surface area contributed by atoms with Gasteiger partial charge in [0.25, 0.3) is 0 Å². The first-order chi connectivity index (χ1) is 6.68. The van der Waals surface area contributed by atoms with Crippen molar-refractivity contribution in [1.82, 2.24) is 0 Å². The molecule has 0 amide bonds. The Hall–Kier alpha value is -0.123. The van der Waals surface area contributed by atoms with Crippen LogP contribution in [0.1, 0.15) is 40.0 Å². The molecule has 0 atom stereocenters. The molecule has 0 heterocycles. The monoisotopic (exact) mass is 216 g/mol. The summed E-state index contributed by atoms with van der Waals surface area (Å²) in [4.78, 5) is 0. The van der Waals surface area contributed by atoms with E-state index in [1.165, 1.54) is 0 Å². The first kappa shape index (κ1) is 13.9. The molecule has 14 heavy (non-hydrogen) atoms. The fourth-order valence-corrected chi connectivity index (χ4v) is 2.29. The van der Waals surface area contributed by atoms with Crippen molar-refractivity contribution >= 4 is 10.2 Å². The second-order valence-corrected chi connectivity index (χ2v) is 4.94. The summed E-state index contributed by atoms with van der Waals surface area (Å²) in [6.45, 7) is 7.67. The molecule has 2 nitrogen and oxygen atoms in total. The maximum absolute atomic E-state index is 5.66. The standard InChI is InChI=1S/C11H24O2Si/c1-4-7-8-9-10-11(14,12-5-2)13-6-3/h7-8H,4-6,9-10H2,1-3,14H3. The molecule has 0 N–H and O–H groups in total. The molecule has 0 radical (unpaired) electrons. The van der Waals surface area contributed by atoms with Gasteiger partial charge in [0.2, 0.25) is 0 Å². The SMILES string of the molecule is CCC=CCCC([SiH3])(OCC)OCC. The third kappa shape index (κ3) is 6.35. The fourth-order valence-electron chi connectivity index (χ4n) is 1.43. The quantitative estimate of drug-likeness (QED) is 0.350. The molecule has 0 aromatic heterocycles. The lowest BCUT2D eigenvalue weighted by Gasteiger charge is -2.29. The smallest absolute Gasteiger partial charge is 0.141 e. The van der Waals surface area contributed by atoms with E-state index < -0.39 is 0 Å². The van der Waals surface area contributed by atoms with Gasteiger partial charge in [0.05, 0.1) is 10.2 Å². The summed E-state index contributed by atoms with van der Waals surface area (Å²) in [6.07, 6.45) is 7.55. The van der Waals surface area contributed by atoms with Gasteiger partial charge in [-0.1, -0.05) is 19.1 Å². The highest BCUT2D eigenvalue weighted by molar-refractivity contribution is 6.13. The Balaban J connectivity index is 3.88. The molecule has 0 bridgehead atoms. The summed E-state index contributed by atoms with van der Waals surface area (Å²) in [7, 11) is 0.928. The van der Waals surface area contributed by atoms with Gasteiger partial charge < -0.3 is 9.47 Å². The van der Waals surface area contributed by atoms with Gasteiger partial charge in [-0.2, -0.15) is 0 Å². The number of ether oxygens (including phenoxy) is 2. The molecule has 0 rings (SSSR count). The molecule has 0 aliphatic heterocycles. The van der Waals surface area contributed by atoms with Crippen molar-refractivity contribution in [2.24, 2.45) is 0 Å². The second kappa shape index (κ2) is 8.21. The Kier molecular flexibility index (Phi) is 8.13. The van der Waals surface area contributed by atoms with Crippen molar-refractivity contribution in [1.29, 1.82) is 0 Å². The van der Waals surface area contributed by atoms with Gasteiger partial charge in [-0.15, -0.1) is 0 Å². The molecule has 0 spiro atoms. The van der Waals surface area contributed by atoms with Crippen molar-refractivity contribution in [2.45, 2.75) is 45.4 Å². The summed E-state index contributed by atoms with van der Waals surface area (Å²) in [5.74, 6) is 0. The highest BCUT2D eigenvalue weighted by Crippen LogP contribution is 2.16. The second-order valence-electron chi connectivity index (χ2n) is 3.42. The molecule has 84 valence electrons. The van der Waals surface area contributed by atoms with Crippen molar-refractivity contribution in [2.75, 3.05) is 13.2 Å². The molecule has 0 saturated heterocycles. The fraction of sp³-hybridized carbons (Fsp3) is 0.818. The minimum atomic E-state index is -0.262. The summed E-state index contributed by atoms with van der Waals surface area (Å²) in [5.41, 5.74) is -0.262. The molecule has 0 aliphatic carbocycles. The summed E-state index contributed by atoms with van der Waals surface area (Å²) in [5, 5.41) is 0. The Morgan fingerprint density at radius 2 is 1.64 bits per heavy atom. The van der Waals surface area contributed by atoms with Crippen LogP contribution in [0.25, 0.3) is 0 Å². The Bertz CT molecular complexity index is 151. The molecule has 0 unspecified atom stereocenters. The maximum Gasteiger partial charge on any atom is 0.141 e. The molecule has 0 aliphatic rings. The molecular weight excluding hydrogens is 192 g/mol. The Labute approximate surface area is 91.1 Å². The first-order valence-electron chi connectivity index (χ1n) is 5.61. The lowest BCUT2D eigenvalue weighted by Crippen LogP contribution is -2.36. The minimum Gasteiger partial charge on any atom is -0.355 e. The van der Waals surface area contributed by atoms with Crippen LogP contribution in [-0.2, 0) is 9.47 Å². The molecular formula is C11H24O2Si. The van der Waals surface area contributed by atoms with E-state index in [1.54, 1.807) is 0 Å². The number of allylic oxidation sites excluding steroid dienone is 2.